The highest BCUT2D eigenvalue weighted by Crippen LogP contribution is 2.17. The summed E-state index contributed by atoms with van der Waals surface area (Å²) in [4.78, 5) is 7.17. The van der Waals surface area contributed by atoms with Gasteiger partial charge in [0.25, 0.3) is 0 Å². The largest absolute Gasteiger partial charge is 0.357 e. The van der Waals surface area contributed by atoms with E-state index in [0.717, 1.165) is 37.7 Å². The summed E-state index contributed by atoms with van der Waals surface area (Å²) in [5.74, 6) is 1.15. The number of pyridine rings is 1. The van der Waals surface area contributed by atoms with E-state index in [4.69, 9.17) is 4.98 Å². The fourth-order valence-electron chi connectivity index (χ4n) is 2.29. The Kier molecular flexibility index (Phi) is 4.80. The molecule has 1 saturated heterocycles. The van der Waals surface area contributed by atoms with E-state index in [1.807, 2.05) is 0 Å². The summed E-state index contributed by atoms with van der Waals surface area (Å²) in [6.07, 6.45) is 5.35. The van der Waals surface area contributed by atoms with Crippen LogP contribution >= 0.6 is 0 Å². The van der Waals surface area contributed by atoms with Gasteiger partial charge < -0.3 is 10.2 Å². The number of anilines is 1. The van der Waals surface area contributed by atoms with Crippen molar-refractivity contribution < 1.29 is 0 Å². The predicted octanol–water partition coefficient (Wildman–Crippen LogP) is 2.57. The van der Waals surface area contributed by atoms with Crippen molar-refractivity contribution in [3.8, 4) is 0 Å². The molecular weight excluding hydrogens is 210 g/mol. The van der Waals surface area contributed by atoms with Gasteiger partial charge in [0.15, 0.2) is 0 Å². The number of nitrogens with one attached hydrogen (secondary N) is 1. The molecule has 1 aliphatic rings. The average Bonchev–Trinajstić information content (AvgIpc) is 2.65. The quantitative estimate of drug-likeness (QED) is 0.866. The number of nitrogens with zero attached hydrogens (tertiary/aromatic N) is 2. The highest BCUT2D eigenvalue weighted by Gasteiger charge is 2.10. The zero-order valence-electron chi connectivity index (χ0n) is 10.8. The molecule has 0 spiro atoms. The second kappa shape index (κ2) is 6.60. The Labute approximate surface area is 104 Å². The van der Waals surface area contributed by atoms with Crippen LogP contribution in [-0.2, 0) is 6.54 Å². The van der Waals surface area contributed by atoms with Crippen LogP contribution in [0.3, 0.4) is 0 Å². The lowest BCUT2D eigenvalue weighted by atomic mass is 10.2. The van der Waals surface area contributed by atoms with Gasteiger partial charge in [0.05, 0.1) is 5.69 Å². The fourth-order valence-corrected chi connectivity index (χ4v) is 2.29. The lowest BCUT2D eigenvalue weighted by Gasteiger charge is -2.21. The Morgan fingerprint density at radius 1 is 1.18 bits per heavy atom. The third kappa shape index (κ3) is 3.70. The summed E-state index contributed by atoms with van der Waals surface area (Å²) in [6, 6.07) is 6.37. The Hall–Kier alpha value is -1.09. The minimum atomic E-state index is 0.873. The molecular formula is C14H23N3. The fraction of sp³-hybridized carbons (Fsp3) is 0.643. The van der Waals surface area contributed by atoms with Crippen molar-refractivity contribution in [2.24, 2.45) is 0 Å². The maximum absolute atomic E-state index is 4.74. The molecule has 0 aromatic carbocycles. The topological polar surface area (TPSA) is 28.2 Å². The van der Waals surface area contributed by atoms with Gasteiger partial charge in [-0.25, -0.2) is 4.98 Å². The van der Waals surface area contributed by atoms with Crippen LogP contribution in [0.4, 0.5) is 5.82 Å². The lowest BCUT2D eigenvalue weighted by Crippen LogP contribution is -2.25. The molecule has 17 heavy (non-hydrogen) atoms. The van der Waals surface area contributed by atoms with Gasteiger partial charge in [0.1, 0.15) is 5.82 Å². The number of hydrogen-bond acceptors (Lipinski definition) is 3. The van der Waals surface area contributed by atoms with Crippen LogP contribution in [0.15, 0.2) is 18.2 Å². The Morgan fingerprint density at radius 3 is 2.65 bits per heavy atom. The third-order valence-electron chi connectivity index (χ3n) is 3.28. The van der Waals surface area contributed by atoms with Gasteiger partial charge in [0, 0.05) is 19.6 Å². The first-order valence-corrected chi connectivity index (χ1v) is 6.82. The molecule has 0 atom stereocenters. The maximum atomic E-state index is 4.74. The zero-order valence-corrected chi connectivity index (χ0v) is 10.8. The zero-order chi connectivity index (χ0) is 11.9. The van der Waals surface area contributed by atoms with Crippen LogP contribution in [0.2, 0.25) is 0 Å². The van der Waals surface area contributed by atoms with Gasteiger partial charge in [-0.3, -0.25) is 0 Å². The standard InChI is InChI=1S/C14H23N3/c1-2-15-12-13-8-7-9-14(16-13)17-10-5-3-4-6-11-17/h7-9,15H,2-6,10-12H2,1H3. The second-order valence-corrected chi connectivity index (χ2v) is 4.67. The molecule has 2 heterocycles. The Balaban J connectivity index is 2.03. The molecule has 1 aromatic heterocycles. The smallest absolute Gasteiger partial charge is 0.128 e. The van der Waals surface area contributed by atoms with E-state index >= 15 is 0 Å². The monoisotopic (exact) mass is 233 g/mol. The van der Waals surface area contributed by atoms with Crippen molar-refractivity contribution >= 4 is 5.82 Å². The summed E-state index contributed by atoms with van der Waals surface area (Å²) in [6.45, 7) is 6.32. The van der Waals surface area contributed by atoms with Gasteiger partial charge in [-0.2, -0.15) is 0 Å². The van der Waals surface area contributed by atoms with Crippen LogP contribution in [0.25, 0.3) is 0 Å². The molecule has 0 aliphatic carbocycles. The normalized spacial score (nSPS) is 16.9. The molecule has 0 amide bonds. The van der Waals surface area contributed by atoms with E-state index in [-0.39, 0.29) is 0 Å². The number of hydrogen-bond donors (Lipinski definition) is 1. The predicted molar refractivity (Wildman–Crippen MR) is 72.3 cm³/mol. The van der Waals surface area contributed by atoms with E-state index in [1.165, 1.54) is 25.7 Å². The van der Waals surface area contributed by atoms with Crippen LogP contribution in [0.1, 0.15) is 38.3 Å². The van der Waals surface area contributed by atoms with Gasteiger partial charge in [0.2, 0.25) is 0 Å². The van der Waals surface area contributed by atoms with Crippen molar-refractivity contribution in [2.75, 3.05) is 24.5 Å². The summed E-state index contributed by atoms with van der Waals surface area (Å²) in [7, 11) is 0. The van der Waals surface area contributed by atoms with Crippen molar-refractivity contribution in [1.29, 1.82) is 0 Å². The van der Waals surface area contributed by atoms with Crippen LogP contribution in [-0.4, -0.2) is 24.6 Å². The minimum absolute atomic E-state index is 0.873. The number of rotatable bonds is 4. The van der Waals surface area contributed by atoms with Crippen LogP contribution < -0.4 is 10.2 Å². The van der Waals surface area contributed by atoms with E-state index in [1.54, 1.807) is 0 Å². The summed E-state index contributed by atoms with van der Waals surface area (Å²) >= 11 is 0. The molecule has 1 fully saturated rings. The van der Waals surface area contributed by atoms with Crippen LogP contribution in [0.5, 0.6) is 0 Å². The molecule has 94 valence electrons. The van der Waals surface area contributed by atoms with Crippen LogP contribution in [0, 0.1) is 0 Å². The highest BCUT2D eigenvalue weighted by atomic mass is 15.2. The molecule has 1 N–H and O–H groups in total. The molecule has 0 saturated carbocycles. The first kappa shape index (κ1) is 12.4. The molecule has 3 nitrogen and oxygen atoms in total. The summed E-state index contributed by atoms with van der Waals surface area (Å²) < 4.78 is 0. The maximum Gasteiger partial charge on any atom is 0.128 e. The van der Waals surface area contributed by atoms with Crippen molar-refractivity contribution in [3.05, 3.63) is 23.9 Å². The average molecular weight is 233 g/mol. The number of aromatic nitrogens is 1. The Morgan fingerprint density at radius 2 is 1.94 bits per heavy atom. The van der Waals surface area contributed by atoms with E-state index < -0.39 is 0 Å². The summed E-state index contributed by atoms with van der Waals surface area (Å²) in [5, 5.41) is 3.33. The molecule has 2 rings (SSSR count). The van der Waals surface area contributed by atoms with Crippen molar-refractivity contribution in [2.45, 2.75) is 39.2 Å². The van der Waals surface area contributed by atoms with Crippen molar-refractivity contribution in [1.82, 2.24) is 10.3 Å². The molecule has 3 heteroatoms. The lowest BCUT2D eigenvalue weighted by molar-refractivity contribution is 0.704. The highest BCUT2D eigenvalue weighted by molar-refractivity contribution is 5.39. The SMILES string of the molecule is CCNCc1cccc(N2CCCCCC2)n1. The van der Waals surface area contributed by atoms with Gasteiger partial charge in [-0.15, -0.1) is 0 Å². The first-order chi connectivity index (χ1) is 8.40. The van der Waals surface area contributed by atoms with Gasteiger partial charge in [-0.1, -0.05) is 25.8 Å². The van der Waals surface area contributed by atoms with E-state index in [0.29, 0.717) is 0 Å². The molecule has 1 aromatic rings. The Bertz CT molecular complexity index is 330. The minimum Gasteiger partial charge on any atom is -0.357 e. The summed E-state index contributed by atoms with van der Waals surface area (Å²) in [5.41, 5.74) is 1.15. The van der Waals surface area contributed by atoms with E-state index in [9.17, 15) is 0 Å². The molecule has 1 aliphatic heterocycles. The third-order valence-corrected chi connectivity index (χ3v) is 3.28. The first-order valence-electron chi connectivity index (χ1n) is 6.82. The molecule has 0 radical (unpaired) electrons. The van der Waals surface area contributed by atoms with Crippen molar-refractivity contribution in [3.63, 3.8) is 0 Å². The van der Waals surface area contributed by atoms with Gasteiger partial charge >= 0.3 is 0 Å². The second-order valence-electron chi connectivity index (χ2n) is 4.67. The molecule has 0 unspecified atom stereocenters. The molecule has 0 bridgehead atoms. The van der Waals surface area contributed by atoms with Gasteiger partial charge in [-0.05, 0) is 31.5 Å². The van der Waals surface area contributed by atoms with E-state index in [2.05, 4.69) is 35.3 Å².